The molecule has 2 N–H and O–H groups in total. The first-order valence-corrected chi connectivity index (χ1v) is 6.14. The van der Waals surface area contributed by atoms with Gasteiger partial charge in [0.15, 0.2) is 0 Å². The molecule has 0 saturated heterocycles. The number of nitrogens with two attached hydrogens (primary N) is 1. The zero-order chi connectivity index (χ0) is 11.8. The minimum absolute atomic E-state index is 0.441. The third-order valence-electron chi connectivity index (χ3n) is 3.36. The molecule has 1 aromatic carbocycles. The molecule has 17 heavy (non-hydrogen) atoms. The van der Waals surface area contributed by atoms with Crippen LogP contribution in [0.2, 0.25) is 0 Å². The Bertz CT molecular complexity index is 524. The van der Waals surface area contributed by atoms with Gasteiger partial charge in [0, 0.05) is 5.92 Å². The Morgan fingerprint density at radius 1 is 1.29 bits per heavy atom. The molecule has 2 aromatic rings. The second-order valence-corrected chi connectivity index (χ2v) is 4.63. The molecule has 0 aliphatic heterocycles. The smallest absolute Gasteiger partial charge is 0.230 e. The summed E-state index contributed by atoms with van der Waals surface area (Å²) in [5, 5.41) is 4.10. The van der Waals surface area contributed by atoms with Crippen LogP contribution in [0, 0.1) is 0 Å². The van der Waals surface area contributed by atoms with E-state index in [1.54, 1.807) is 0 Å². The Labute approximate surface area is 101 Å². The molecule has 1 aliphatic rings. The molecular formula is C14H16N2O. The van der Waals surface area contributed by atoms with Crippen LogP contribution in [0.1, 0.15) is 36.9 Å². The molecule has 0 bridgehead atoms. The van der Waals surface area contributed by atoms with E-state index < -0.39 is 0 Å². The maximum atomic E-state index is 5.88. The van der Waals surface area contributed by atoms with Gasteiger partial charge < -0.3 is 10.3 Å². The Balaban J connectivity index is 2.04. The fraction of sp³-hybridized carbons (Fsp3) is 0.357. The van der Waals surface area contributed by atoms with Crippen LogP contribution >= 0.6 is 0 Å². The number of benzene rings is 1. The second-order valence-electron chi connectivity index (χ2n) is 4.63. The van der Waals surface area contributed by atoms with E-state index in [2.05, 4.69) is 36.3 Å². The summed E-state index contributed by atoms with van der Waals surface area (Å²) in [6.45, 7) is 2.15. The van der Waals surface area contributed by atoms with Crippen LogP contribution in [0.25, 0.3) is 11.1 Å². The van der Waals surface area contributed by atoms with Crippen LogP contribution in [0.4, 0.5) is 5.88 Å². The molecule has 0 radical (unpaired) electrons. The first-order valence-electron chi connectivity index (χ1n) is 6.14. The van der Waals surface area contributed by atoms with E-state index in [9.17, 15) is 0 Å². The van der Waals surface area contributed by atoms with E-state index in [4.69, 9.17) is 10.3 Å². The largest absolute Gasteiger partial charge is 0.367 e. The maximum absolute atomic E-state index is 5.88. The lowest BCUT2D eigenvalue weighted by Crippen LogP contribution is -1.89. The quantitative estimate of drug-likeness (QED) is 0.876. The van der Waals surface area contributed by atoms with Crippen molar-refractivity contribution in [2.45, 2.75) is 32.1 Å². The molecule has 1 heterocycles. The zero-order valence-corrected chi connectivity index (χ0v) is 9.94. The third kappa shape index (κ3) is 1.82. The Morgan fingerprint density at radius 3 is 2.59 bits per heavy atom. The monoisotopic (exact) mass is 228 g/mol. The second kappa shape index (κ2) is 3.91. The van der Waals surface area contributed by atoms with E-state index in [-0.39, 0.29) is 0 Å². The molecule has 88 valence electrons. The SMILES string of the molecule is CCc1ccc(-c2c(C3CC3)noc2N)cc1. The van der Waals surface area contributed by atoms with Crippen molar-refractivity contribution in [1.29, 1.82) is 0 Å². The molecule has 0 atom stereocenters. The van der Waals surface area contributed by atoms with Crippen molar-refractivity contribution in [2.24, 2.45) is 0 Å². The van der Waals surface area contributed by atoms with Gasteiger partial charge in [-0.1, -0.05) is 36.3 Å². The van der Waals surface area contributed by atoms with Crippen molar-refractivity contribution in [3.8, 4) is 11.1 Å². The topological polar surface area (TPSA) is 52.0 Å². The highest BCUT2D eigenvalue weighted by molar-refractivity contribution is 5.76. The summed E-state index contributed by atoms with van der Waals surface area (Å²) in [5.41, 5.74) is 10.4. The van der Waals surface area contributed by atoms with Crippen molar-refractivity contribution in [1.82, 2.24) is 5.16 Å². The summed E-state index contributed by atoms with van der Waals surface area (Å²) >= 11 is 0. The lowest BCUT2D eigenvalue weighted by Gasteiger charge is -2.03. The highest BCUT2D eigenvalue weighted by Crippen LogP contribution is 2.45. The number of aromatic nitrogens is 1. The molecule has 3 heteroatoms. The lowest BCUT2D eigenvalue weighted by molar-refractivity contribution is 0.428. The van der Waals surface area contributed by atoms with Crippen LogP contribution in [0.3, 0.4) is 0 Å². The maximum Gasteiger partial charge on any atom is 0.230 e. The van der Waals surface area contributed by atoms with Crippen molar-refractivity contribution >= 4 is 5.88 Å². The number of nitrogens with zero attached hydrogens (tertiary/aromatic N) is 1. The first-order chi connectivity index (χ1) is 8.29. The Hall–Kier alpha value is -1.77. The van der Waals surface area contributed by atoms with Gasteiger partial charge in [-0.25, -0.2) is 0 Å². The van der Waals surface area contributed by atoms with Gasteiger partial charge in [0.1, 0.15) is 0 Å². The molecular weight excluding hydrogens is 212 g/mol. The van der Waals surface area contributed by atoms with Crippen molar-refractivity contribution in [3.05, 3.63) is 35.5 Å². The van der Waals surface area contributed by atoms with Gasteiger partial charge in [0.05, 0.1) is 11.3 Å². The lowest BCUT2D eigenvalue weighted by atomic mass is 10.0. The molecule has 0 unspecified atom stereocenters. The highest BCUT2D eigenvalue weighted by atomic mass is 16.5. The first kappa shape index (κ1) is 10.4. The van der Waals surface area contributed by atoms with Gasteiger partial charge in [0.2, 0.25) is 5.88 Å². The van der Waals surface area contributed by atoms with Gasteiger partial charge >= 0.3 is 0 Å². The molecule has 3 rings (SSSR count). The van der Waals surface area contributed by atoms with Gasteiger partial charge in [-0.05, 0) is 30.4 Å². The standard InChI is InChI=1S/C14H16N2O/c1-2-9-3-5-10(6-4-9)12-13(11-7-8-11)16-17-14(12)15/h3-6,11H,2,7-8,15H2,1H3. The van der Waals surface area contributed by atoms with Gasteiger partial charge in [0.25, 0.3) is 0 Å². The van der Waals surface area contributed by atoms with Crippen LogP contribution in [-0.2, 0) is 6.42 Å². The van der Waals surface area contributed by atoms with Gasteiger partial charge in [-0.2, -0.15) is 0 Å². The van der Waals surface area contributed by atoms with E-state index in [0.29, 0.717) is 11.8 Å². The summed E-state index contributed by atoms with van der Waals surface area (Å²) in [4.78, 5) is 0. The third-order valence-corrected chi connectivity index (χ3v) is 3.36. The van der Waals surface area contributed by atoms with E-state index in [1.807, 2.05) is 0 Å². The van der Waals surface area contributed by atoms with Crippen LogP contribution in [-0.4, -0.2) is 5.16 Å². The number of hydrogen-bond acceptors (Lipinski definition) is 3. The predicted molar refractivity (Wildman–Crippen MR) is 67.7 cm³/mol. The van der Waals surface area contributed by atoms with Crippen LogP contribution in [0.15, 0.2) is 28.8 Å². The average molecular weight is 228 g/mol. The summed E-state index contributed by atoms with van der Waals surface area (Å²) in [6.07, 6.45) is 3.45. The average Bonchev–Trinajstić information content (AvgIpc) is 3.13. The normalized spacial score (nSPS) is 15.1. The van der Waals surface area contributed by atoms with E-state index in [1.165, 1.54) is 18.4 Å². The van der Waals surface area contributed by atoms with E-state index in [0.717, 1.165) is 23.2 Å². The molecule has 3 nitrogen and oxygen atoms in total. The van der Waals surface area contributed by atoms with Gasteiger partial charge in [-0.15, -0.1) is 0 Å². The van der Waals surface area contributed by atoms with Crippen LogP contribution in [0.5, 0.6) is 0 Å². The number of rotatable bonds is 3. The molecule has 0 spiro atoms. The molecule has 1 aliphatic carbocycles. The van der Waals surface area contributed by atoms with Crippen molar-refractivity contribution in [3.63, 3.8) is 0 Å². The van der Waals surface area contributed by atoms with Crippen molar-refractivity contribution in [2.75, 3.05) is 5.73 Å². The van der Waals surface area contributed by atoms with Crippen molar-refractivity contribution < 1.29 is 4.52 Å². The Morgan fingerprint density at radius 2 is 2.00 bits per heavy atom. The molecule has 1 saturated carbocycles. The van der Waals surface area contributed by atoms with Gasteiger partial charge in [-0.3, -0.25) is 0 Å². The number of nitrogen functional groups attached to an aromatic ring is 1. The minimum Gasteiger partial charge on any atom is -0.367 e. The summed E-state index contributed by atoms with van der Waals surface area (Å²) in [5.74, 6) is 0.994. The summed E-state index contributed by atoms with van der Waals surface area (Å²) in [6, 6.07) is 8.48. The Kier molecular flexibility index (Phi) is 2.39. The highest BCUT2D eigenvalue weighted by Gasteiger charge is 2.31. The summed E-state index contributed by atoms with van der Waals surface area (Å²) < 4.78 is 5.14. The molecule has 1 aromatic heterocycles. The zero-order valence-electron chi connectivity index (χ0n) is 9.94. The molecule has 1 fully saturated rings. The fourth-order valence-corrected chi connectivity index (χ4v) is 2.15. The molecule has 0 amide bonds. The summed E-state index contributed by atoms with van der Waals surface area (Å²) in [7, 11) is 0. The predicted octanol–water partition coefficient (Wildman–Crippen LogP) is 3.36. The van der Waals surface area contributed by atoms with E-state index >= 15 is 0 Å². The number of anilines is 1. The van der Waals surface area contributed by atoms with Crippen LogP contribution < -0.4 is 5.73 Å². The minimum atomic E-state index is 0.441. The number of aryl methyl sites for hydroxylation is 1. The number of hydrogen-bond donors (Lipinski definition) is 1. The fourth-order valence-electron chi connectivity index (χ4n) is 2.15.